The number of carbonyl (C=O) groups excluding carboxylic acids is 2. The van der Waals surface area contributed by atoms with Crippen molar-refractivity contribution in [3.05, 3.63) is 56.4 Å². The zero-order valence-corrected chi connectivity index (χ0v) is 13.8. The van der Waals surface area contributed by atoms with Gasteiger partial charge in [-0.1, -0.05) is 6.07 Å². The number of Topliss-reactive ketones (excluding diaryl/α,β-unsaturated/α-hetero) is 1. The van der Waals surface area contributed by atoms with Gasteiger partial charge in [0.15, 0.2) is 5.78 Å². The van der Waals surface area contributed by atoms with Gasteiger partial charge in [0.05, 0.1) is 12.7 Å². The Bertz CT molecular complexity index is 837. The van der Waals surface area contributed by atoms with Crippen molar-refractivity contribution in [3.8, 4) is 0 Å². The fourth-order valence-corrected chi connectivity index (χ4v) is 3.56. The van der Waals surface area contributed by atoms with Crippen molar-refractivity contribution >= 4 is 28.6 Å². The second kappa shape index (κ2) is 7.35. The summed E-state index contributed by atoms with van der Waals surface area (Å²) in [5.74, 6) is -0.121. The van der Waals surface area contributed by atoms with E-state index in [1.165, 1.54) is 12.4 Å². The fraction of sp³-hybridized carbons (Fsp3) is 0.294. The van der Waals surface area contributed by atoms with Gasteiger partial charge in [-0.2, -0.15) is 0 Å². The largest absolute Gasteiger partial charge is 0.355 e. The van der Waals surface area contributed by atoms with E-state index in [9.17, 15) is 14.4 Å². The van der Waals surface area contributed by atoms with Crippen molar-refractivity contribution in [1.82, 2.24) is 15.3 Å². The Labute approximate surface area is 142 Å². The lowest BCUT2D eigenvalue weighted by Gasteiger charge is -2.07. The van der Waals surface area contributed by atoms with Gasteiger partial charge in [-0.25, -0.2) is 4.98 Å². The summed E-state index contributed by atoms with van der Waals surface area (Å²) in [5, 5.41) is 4.76. The van der Waals surface area contributed by atoms with E-state index in [0.29, 0.717) is 37.1 Å². The lowest BCUT2D eigenvalue weighted by atomic mass is 10.1. The Kier molecular flexibility index (Phi) is 5.00. The molecule has 2 N–H and O–H groups in total. The monoisotopic (exact) mass is 343 g/mol. The van der Waals surface area contributed by atoms with E-state index in [0.717, 1.165) is 10.5 Å². The molecule has 7 heteroatoms. The molecule has 0 aromatic carbocycles. The van der Waals surface area contributed by atoms with Gasteiger partial charge in [0.2, 0.25) is 5.91 Å². The molecule has 2 heterocycles. The van der Waals surface area contributed by atoms with Crippen LogP contribution in [0.25, 0.3) is 5.57 Å². The third-order valence-corrected chi connectivity index (χ3v) is 4.83. The van der Waals surface area contributed by atoms with Crippen LogP contribution < -0.4 is 10.9 Å². The lowest BCUT2D eigenvalue weighted by Crippen LogP contribution is -2.27. The Hall–Kier alpha value is -2.54. The Morgan fingerprint density at radius 2 is 2.21 bits per heavy atom. The zero-order chi connectivity index (χ0) is 16.9. The van der Waals surface area contributed by atoms with E-state index in [1.54, 1.807) is 11.3 Å². The minimum atomic E-state index is -0.214. The summed E-state index contributed by atoms with van der Waals surface area (Å²) >= 11 is 1.59. The Morgan fingerprint density at radius 1 is 1.33 bits per heavy atom. The van der Waals surface area contributed by atoms with Crippen LogP contribution >= 0.6 is 11.3 Å². The number of allylic oxidation sites excluding steroid dienone is 1. The Balaban J connectivity index is 1.58. The van der Waals surface area contributed by atoms with Crippen molar-refractivity contribution in [2.75, 3.05) is 6.54 Å². The number of nitrogens with zero attached hydrogens (tertiary/aromatic N) is 1. The summed E-state index contributed by atoms with van der Waals surface area (Å²) < 4.78 is 0. The van der Waals surface area contributed by atoms with Crippen molar-refractivity contribution in [3.63, 3.8) is 0 Å². The van der Waals surface area contributed by atoms with Gasteiger partial charge in [0.25, 0.3) is 5.56 Å². The fourth-order valence-electron chi connectivity index (χ4n) is 2.73. The SMILES string of the molecule is O=C(CC1=C(c2cccs2)CCC1=O)NCCc1cc(=O)[nH]cn1. The highest BCUT2D eigenvalue weighted by Gasteiger charge is 2.26. The summed E-state index contributed by atoms with van der Waals surface area (Å²) in [6, 6.07) is 5.33. The first-order chi connectivity index (χ1) is 11.6. The summed E-state index contributed by atoms with van der Waals surface area (Å²) in [4.78, 5) is 42.9. The maximum Gasteiger partial charge on any atom is 0.250 e. The Morgan fingerprint density at radius 3 is 2.96 bits per heavy atom. The van der Waals surface area contributed by atoms with Crippen LogP contribution in [0.1, 0.15) is 29.8 Å². The summed E-state index contributed by atoms with van der Waals surface area (Å²) in [6.07, 6.45) is 3.11. The molecule has 1 aliphatic rings. The number of ketones is 1. The zero-order valence-electron chi connectivity index (χ0n) is 13.0. The number of amides is 1. The number of thiophene rings is 1. The van der Waals surface area contributed by atoms with E-state index >= 15 is 0 Å². The minimum Gasteiger partial charge on any atom is -0.355 e. The molecule has 0 saturated heterocycles. The second-order valence-electron chi connectivity index (χ2n) is 5.54. The lowest BCUT2D eigenvalue weighted by molar-refractivity contribution is -0.122. The molecule has 1 aliphatic carbocycles. The van der Waals surface area contributed by atoms with E-state index in [2.05, 4.69) is 15.3 Å². The van der Waals surface area contributed by atoms with Crippen LogP contribution in [0.4, 0.5) is 0 Å². The quantitative estimate of drug-likeness (QED) is 0.835. The maximum atomic E-state index is 12.1. The van der Waals surface area contributed by atoms with Crippen LogP contribution in [-0.4, -0.2) is 28.2 Å². The molecular weight excluding hydrogens is 326 g/mol. The van der Waals surface area contributed by atoms with Crippen LogP contribution in [-0.2, 0) is 16.0 Å². The molecule has 3 rings (SSSR count). The first-order valence-electron chi connectivity index (χ1n) is 7.73. The number of nitrogens with one attached hydrogen (secondary N) is 2. The van der Waals surface area contributed by atoms with Crippen molar-refractivity contribution < 1.29 is 9.59 Å². The molecule has 0 unspecified atom stereocenters. The first kappa shape index (κ1) is 16.3. The van der Waals surface area contributed by atoms with Crippen LogP contribution in [0.5, 0.6) is 0 Å². The molecule has 124 valence electrons. The molecular formula is C17H17N3O3S. The van der Waals surface area contributed by atoms with Gasteiger partial charge in [-0.15, -0.1) is 11.3 Å². The summed E-state index contributed by atoms with van der Waals surface area (Å²) in [6.45, 7) is 0.380. The van der Waals surface area contributed by atoms with Crippen molar-refractivity contribution in [2.24, 2.45) is 0 Å². The van der Waals surface area contributed by atoms with Crippen LogP contribution in [0, 0.1) is 0 Å². The molecule has 0 radical (unpaired) electrons. The number of rotatable bonds is 6. The van der Waals surface area contributed by atoms with Gasteiger partial charge in [-0.05, 0) is 23.4 Å². The molecule has 0 aliphatic heterocycles. The predicted octanol–water partition coefficient (Wildman–Crippen LogP) is 1.70. The number of hydrogen-bond acceptors (Lipinski definition) is 5. The number of aromatic nitrogens is 2. The molecule has 6 nitrogen and oxygen atoms in total. The van der Waals surface area contributed by atoms with Crippen LogP contribution in [0.2, 0.25) is 0 Å². The van der Waals surface area contributed by atoms with Crippen LogP contribution in [0.15, 0.2) is 40.3 Å². The van der Waals surface area contributed by atoms with Crippen LogP contribution in [0.3, 0.4) is 0 Å². The summed E-state index contributed by atoms with van der Waals surface area (Å²) in [5.41, 5.74) is 2.04. The molecule has 0 bridgehead atoms. The third kappa shape index (κ3) is 3.86. The molecule has 2 aromatic rings. The standard InChI is InChI=1S/C17H17N3O3S/c21-14-4-3-12(15-2-1-7-24-15)13(14)9-17(23)18-6-5-11-8-16(22)20-10-19-11/h1-2,7-8,10H,3-6,9H2,(H,18,23)(H,19,20,22). The number of aromatic amines is 1. The summed E-state index contributed by atoms with van der Waals surface area (Å²) in [7, 11) is 0. The number of H-pyrrole nitrogens is 1. The van der Waals surface area contributed by atoms with Gasteiger partial charge in [0.1, 0.15) is 0 Å². The highest BCUT2D eigenvalue weighted by molar-refractivity contribution is 7.11. The van der Waals surface area contributed by atoms with E-state index in [-0.39, 0.29) is 23.7 Å². The molecule has 24 heavy (non-hydrogen) atoms. The highest BCUT2D eigenvalue weighted by atomic mass is 32.1. The minimum absolute atomic E-state index is 0.0600. The normalized spacial score (nSPS) is 14.2. The van der Waals surface area contributed by atoms with E-state index < -0.39 is 0 Å². The maximum absolute atomic E-state index is 12.1. The average molecular weight is 343 g/mol. The topological polar surface area (TPSA) is 91.9 Å². The molecule has 0 saturated carbocycles. The number of hydrogen-bond donors (Lipinski definition) is 2. The molecule has 0 fully saturated rings. The van der Waals surface area contributed by atoms with Gasteiger partial charge in [0, 0.05) is 41.6 Å². The van der Waals surface area contributed by atoms with Gasteiger partial charge >= 0.3 is 0 Å². The van der Waals surface area contributed by atoms with Gasteiger partial charge in [-0.3, -0.25) is 14.4 Å². The predicted molar refractivity (Wildman–Crippen MR) is 91.7 cm³/mol. The second-order valence-corrected chi connectivity index (χ2v) is 6.48. The molecule has 0 atom stereocenters. The van der Waals surface area contributed by atoms with Crippen molar-refractivity contribution in [1.29, 1.82) is 0 Å². The third-order valence-electron chi connectivity index (χ3n) is 3.90. The first-order valence-corrected chi connectivity index (χ1v) is 8.61. The highest BCUT2D eigenvalue weighted by Crippen LogP contribution is 2.35. The van der Waals surface area contributed by atoms with Gasteiger partial charge < -0.3 is 10.3 Å². The average Bonchev–Trinajstić information content (AvgIpc) is 3.18. The van der Waals surface area contributed by atoms with E-state index in [4.69, 9.17) is 0 Å². The molecule has 0 spiro atoms. The molecule has 1 amide bonds. The smallest absolute Gasteiger partial charge is 0.250 e. The van der Waals surface area contributed by atoms with Crippen molar-refractivity contribution in [2.45, 2.75) is 25.7 Å². The number of carbonyl (C=O) groups is 2. The molecule has 2 aromatic heterocycles. The van der Waals surface area contributed by atoms with E-state index in [1.807, 2.05) is 17.5 Å².